The average Bonchev–Trinajstić information content (AvgIpc) is 2.45. The van der Waals surface area contributed by atoms with Gasteiger partial charge in [0.25, 0.3) is 0 Å². The van der Waals surface area contributed by atoms with Crippen molar-refractivity contribution >= 4 is 0 Å². The monoisotopic (exact) mass is 285 g/mol. The first-order valence-electron chi connectivity index (χ1n) is 8.61. The summed E-state index contributed by atoms with van der Waals surface area (Å²) in [5, 5.41) is 13.5. The van der Waals surface area contributed by atoms with Crippen LogP contribution in [0.5, 0.6) is 0 Å². The van der Waals surface area contributed by atoms with Gasteiger partial charge in [0.1, 0.15) is 0 Å². The third-order valence-electron chi connectivity index (χ3n) is 4.97. The third-order valence-corrected chi connectivity index (χ3v) is 4.97. The van der Waals surface area contributed by atoms with Gasteiger partial charge in [-0.15, -0.1) is 0 Å². The molecule has 1 saturated carbocycles. The van der Waals surface area contributed by atoms with Gasteiger partial charge in [0.05, 0.1) is 18.8 Å². The maximum absolute atomic E-state index is 10.1. The zero-order chi connectivity index (χ0) is 15.0. The van der Waals surface area contributed by atoms with E-state index in [1.54, 1.807) is 0 Å². The largest absolute Gasteiger partial charge is 0.389 e. The molecule has 2 N–H and O–H groups in total. The third kappa shape index (κ3) is 6.11. The van der Waals surface area contributed by atoms with Crippen molar-refractivity contribution in [3.63, 3.8) is 0 Å². The molecule has 3 heteroatoms. The molecule has 3 nitrogen and oxygen atoms in total. The molecule has 0 spiro atoms. The van der Waals surface area contributed by atoms with Gasteiger partial charge in [0.2, 0.25) is 0 Å². The minimum absolute atomic E-state index is 0.356. The van der Waals surface area contributed by atoms with Crippen LogP contribution in [0.3, 0.4) is 0 Å². The van der Waals surface area contributed by atoms with Crippen LogP contribution >= 0.6 is 0 Å². The fourth-order valence-electron chi connectivity index (χ4n) is 3.31. The summed E-state index contributed by atoms with van der Waals surface area (Å²) >= 11 is 0. The van der Waals surface area contributed by atoms with Crippen molar-refractivity contribution in [2.75, 3.05) is 13.2 Å². The summed E-state index contributed by atoms with van der Waals surface area (Å²) in [4.78, 5) is 0. The Hall–Kier alpha value is -0.120. The van der Waals surface area contributed by atoms with E-state index in [1.165, 1.54) is 32.1 Å². The van der Waals surface area contributed by atoms with Crippen LogP contribution in [0.15, 0.2) is 0 Å². The minimum atomic E-state index is -0.388. The fraction of sp³-hybridized carbons (Fsp3) is 1.00. The standard InChI is InChI=1S/C17H35NO2/c1-5-15(6-2)14(4)18-11-16(19)12-20-17-10-8-7-9-13(17)3/h13-19H,5-12H2,1-4H3. The normalized spacial score (nSPS) is 26.7. The van der Waals surface area contributed by atoms with Gasteiger partial charge in [0, 0.05) is 12.6 Å². The number of hydrogen-bond acceptors (Lipinski definition) is 3. The molecule has 120 valence electrons. The highest BCUT2D eigenvalue weighted by Crippen LogP contribution is 2.26. The number of ether oxygens (including phenoxy) is 1. The van der Waals surface area contributed by atoms with E-state index in [0.717, 1.165) is 6.42 Å². The highest BCUT2D eigenvalue weighted by atomic mass is 16.5. The van der Waals surface area contributed by atoms with Crippen molar-refractivity contribution in [1.29, 1.82) is 0 Å². The summed E-state index contributed by atoms with van der Waals surface area (Å²) in [6.45, 7) is 10.1. The molecule has 0 radical (unpaired) electrons. The molecule has 0 aromatic carbocycles. The summed E-state index contributed by atoms with van der Waals surface area (Å²) < 4.78 is 5.91. The second-order valence-corrected chi connectivity index (χ2v) is 6.56. The van der Waals surface area contributed by atoms with Gasteiger partial charge in [-0.25, -0.2) is 0 Å². The second-order valence-electron chi connectivity index (χ2n) is 6.56. The minimum Gasteiger partial charge on any atom is -0.389 e. The zero-order valence-corrected chi connectivity index (χ0v) is 13.9. The maximum atomic E-state index is 10.1. The molecule has 0 saturated heterocycles. The topological polar surface area (TPSA) is 41.5 Å². The Balaban J connectivity index is 2.17. The van der Waals surface area contributed by atoms with Gasteiger partial charge in [0.15, 0.2) is 0 Å². The number of aliphatic hydroxyl groups is 1. The number of hydrogen-bond donors (Lipinski definition) is 2. The van der Waals surface area contributed by atoms with E-state index in [9.17, 15) is 5.11 Å². The van der Waals surface area contributed by atoms with Crippen molar-refractivity contribution in [2.24, 2.45) is 11.8 Å². The molecular weight excluding hydrogens is 250 g/mol. The molecule has 1 rings (SSSR count). The maximum Gasteiger partial charge on any atom is 0.0897 e. The van der Waals surface area contributed by atoms with Crippen LogP contribution in [0, 0.1) is 11.8 Å². The summed E-state index contributed by atoms with van der Waals surface area (Å²) in [6, 6.07) is 0.466. The Morgan fingerprint density at radius 3 is 2.45 bits per heavy atom. The quantitative estimate of drug-likeness (QED) is 0.682. The Labute approximate surface area is 125 Å². The van der Waals surface area contributed by atoms with Gasteiger partial charge in [-0.3, -0.25) is 0 Å². The van der Waals surface area contributed by atoms with Crippen LogP contribution < -0.4 is 5.32 Å². The van der Waals surface area contributed by atoms with E-state index in [4.69, 9.17) is 4.74 Å². The van der Waals surface area contributed by atoms with Gasteiger partial charge in [-0.2, -0.15) is 0 Å². The van der Waals surface area contributed by atoms with Crippen LogP contribution in [0.25, 0.3) is 0 Å². The molecule has 1 fully saturated rings. The number of rotatable bonds is 9. The van der Waals surface area contributed by atoms with Crippen LogP contribution in [0.1, 0.15) is 66.2 Å². The van der Waals surface area contributed by atoms with Gasteiger partial charge in [-0.1, -0.05) is 46.5 Å². The lowest BCUT2D eigenvalue weighted by Crippen LogP contribution is -2.40. The van der Waals surface area contributed by atoms with Crippen LogP contribution in [0.4, 0.5) is 0 Å². The Bertz CT molecular complexity index is 243. The molecular formula is C17H35NO2. The van der Waals surface area contributed by atoms with Crippen LogP contribution in [-0.4, -0.2) is 36.5 Å². The summed E-state index contributed by atoms with van der Waals surface area (Å²) in [7, 11) is 0. The van der Waals surface area contributed by atoms with Crippen molar-refractivity contribution in [2.45, 2.75) is 84.5 Å². The Kier molecular flexibility index (Phi) is 8.74. The van der Waals surface area contributed by atoms with Crippen molar-refractivity contribution in [3.05, 3.63) is 0 Å². The Morgan fingerprint density at radius 2 is 1.85 bits per heavy atom. The first-order chi connectivity index (χ1) is 9.58. The Morgan fingerprint density at radius 1 is 1.20 bits per heavy atom. The van der Waals surface area contributed by atoms with Crippen LogP contribution in [0.2, 0.25) is 0 Å². The molecule has 20 heavy (non-hydrogen) atoms. The summed E-state index contributed by atoms with van der Waals surface area (Å²) in [5.41, 5.74) is 0. The molecule has 4 unspecified atom stereocenters. The van der Waals surface area contributed by atoms with E-state index in [0.29, 0.717) is 37.1 Å². The molecule has 1 aliphatic rings. The predicted octanol–water partition coefficient (Wildman–Crippen LogP) is 3.36. The van der Waals surface area contributed by atoms with E-state index in [1.807, 2.05) is 0 Å². The van der Waals surface area contributed by atoms with E-state index >= 15 is 0 Å². The predicted molar refractivity (Wildman–Crippen MR) is 84.9 cm³/mol. The summed E-state index contributed by atoms with van der Waals surface area (Å²) in [6.07, 6.45) is 7.38. The van der Waals surface area contributed by atoms with Crippen molar-refractivity contribution in [1.82, 2.24) is 5.32 Å². The van der Waals surface area contributed by atoms with Gasteiger partial charge >= 0.3 is 0 Å². The highest BCUT2D eigenvalue weighted by molar-refractivity contribution is 4.75. The highest BCUT2D eigenvalue weighted by Gasteiger charge is 2.23. The molecule has 0 heterocycles. The molecule has 0 aromatic heterocycles. The smallest absolute Gasteiger partial charge is 0.0897 e. The lowest BCUT2D eigenvalue weighted by Gasteiger charge is -2.30. The van der Waals surface area contributed by atoms with Crippen molar-refractivity contribution in [3.8, 4) is 0 Å². The molecule has 1 aliphatic carbocycles. The summed E-state index contributed by atoms with van der Waals surface area (Å²) in [5.74, 6) is 1.34. The van der Waals surface area contributed by atoms with E-state index < -0.39 is 0 Å². The molecule has 0 amide bonds. The van der Waals surface area contributed by atoms with Gasteiger partial charge in [-0.05, 0) is 31.6 Å². The fourth-order valence-corrected chi connectivity index (χ4v) is 3.31. The molecule has 0 aliphatic heterocycles. The number of nitrogens with one attached hydrogen (secondary N) is 1. The van der Waals surface area contributed by atoms with Crippen LogP contribution in [-0.2, 0) is 4.74 Å². The van der Waals surface area contributed by atoms with E-state index in [-0.39, 0.29) is 6.10 Å². The first-order valence-corrected chi connectivity index (χ1v) is 8.61. The first kappa shape index (κ1) is 17.9. The average molecular weight is 285 g/mol. The zero-order valence-electron chi connectivity index (χ0n) is 13.9. The SMILES string of the molecule is CCC(CC)C(C)NCC(O)COC1CCCCC1C. The molecule has 0 bridgehead atoms. The lowest BCUT2D eigenvalue weighted by atomic mass is 9.88. The van der Waals surface area contributed by atoms with E-state index in [2.05, 4.69) is 33.0 Å². The van der Waals surface area contributed by atoms with Crippen molar-refractivity contribution < 1.29 is 9.84 Å². The number of aliphatic hydroxyl groups excluding tert-OH is 1. The second kappa shape index (κ2) is 9.75. The molecule has 0 aromatic rings. The molecule has 4 atom stereocenters. The lowest BCUT2D eigenvalue weighted by molar-refractivity contribution is -0.0458. The van der Waals surface area contributed by atoms with Gasteiger partial charge < -0.3 is 15.2 Å².